The maximum absolute atomic E-state index is 13.9. The first-order chi connectivity index (χ1) is 16.5. The Hall–Kier alpha value is -4.38. The highest BCUT2D eigenvalue weighted by Crippen LogP contribution is 2.27. The Morgan fingerprint density at radius 1 is 0.794 bits per heavy atom. The van der Waals surface area contributed by atoms with Gasteiger partial charge in [0, 0.05) is 11.1 Å². The van der Waals surface area contributed by atoms with Gasteiger partial charge in [-0.05, 0) is 60.5 Å². The number of rotatable bonds is 5. The molecule has 5 aromatic rings. The van der Waals surface area contributed by atoms with Crippen LogP contribution in [-0.2, 0) is 0 Å². The van der Waals surface area contributed by atoms with E-state index in [2.05, 4.69) is 0 Å². The number of carbonyl (C=O) groups excluding carboxylic acids is 1. The lowest BCUT2D eigenvalue weighted by Gasteiger charge is -2.23. The highest BCUT2D eigenvalue weighted by Gasteiger charge is 2.22. The lowest BCUT2D eigenvalue weighted by atomic mass is 9.97. The number of fused-ring (bicyclic) bond motifs is 1. The van der Waals surface area contributed by atoms with Crippen molar-refractivity contribution < 1.29 is 9.18 Å². The first-order valence-corrected chi connectivity index (χ1v) is 11.0. The number of benzene rings is 4. The van der Waals surface area contributed by atoms with E-state index in [1.807, 2.05) is 67.6 Å². The average molecular weight is 448 g/mol. The van der Waals surface area contributed by atoms with Crippen LogP contribution in [0.3, 0.4) is 0 Å². The third kappa shape index (κ3) is 3.92. The smallest absolute Gasteiger partial charge is 0.262 e. The predicted molar refractivity (Wildman–Crippen MR) is 131 cm³/mol. The lowest BCUT2D eigenvalue weighted by molar-refractivity contribution is 0.103. The van der Waals surface area contributed by atoms with E-state index in [0.717, 1.165) is 11.1 Å². The van der Waals surface area contributed by atoms with Crippen LogP contribution in [0, 0.1) is 12.7 Å². The zero-order valence-electron chi connectivity index (χ0n) is 18.5. The molecule has 34 heavy (non-hydrogen) atoms. The number of hydrogen-bond donors (Lipinski definition) is 0. The molecule has 0 saturated heterocycles. The molecule has 1 aromatic heterocycles. The van der Waals surface area contributed by atoms with Crippen molar-refractivity contribution >= 4 is 16.7 Å². The fourth-order valence-electron chi connectivity index (χ4n) is 4.28. The van der Waals surface area contributed by atoms with Gasteiger partial charge in [-0.1, -0.05) is 60.7 Å². The van der Waals surface area contributed by atoms with Crippen molar-refractivity contribution in [2.24, 2.45) is 0 Å². The molecule has 1 heterocycles. The maximum Gasteiger partial charge on any atom is 0.262 e. The van der Waals surface area contributed by atoms with Crippen molar-refractivity contribution in [2.75, 3.05) is 0 Å². The van der Waals surface area contributed by atoms with Gasteiger partial charge in [-0.15, -0.1) is 0 Å². The van der Waals surface area contributed by atoms with E-state index in [-0.39, 0.29) is 17.4 Å². The Kier molecular flexibility index (Phi) is 5.60. The highest BCUT2D eigenvalue weighted by molar-refractivity contribution is 6.10. The largest absolute Gasteiger partial charge is 0.289 e. The van der Waals surface area contributed by atoms with Crippen molar-refractivity contribution in [1.82, 2.24) is 9.55 Å². The maximum atomic E-state index is 13.9. The molecule has 0 N–H and O–H groups in total. The summed E-state index contributed by atoms with van der Waals surface area (Å²) in [7, 11) is 0. The second kappa shape index (κ2) is 8.87. The molecule has 0 radical (unpaired) electrons. The van der Waals surface area contributed by atoms with Gasteiger partial charge in [-0.25, -0.2) is 9.37 Å². The molecule has 0 saturated carbocycles. The van der Waals surface area contributed by atoms with Crippen LogP contribution in [0.4, 0.5) is 4.39 Å². The summed E-state index contributed by atoms with van der Waals surface area (Å²) < 4.78 is 15.0. The van der Waals surface area contributed by atoms with Gasteiger partial charge in [0.2, 0.25) is 0 Å². The number of carbonyl (C=O) groups is 1. The fourth-order valence-corrected chi connectivity index (χ4v) is 4.28. The van der Waals surface area contributed by atoms with Crippen LogP contribution in [0.5, 0.6) is 0 Å². The zero-order valence-corrected chi connectivity index (χ0v) is 18.5. The van der Waals surface area contributed by atoms with Gasteiger partial charge >= 0.3 is 0 Å². The van der Waals surface area contributed by atoms with Crippen LogP contribution >= 0.6 is 0 Å². The molecule has 5 rings (SSSR count). The Morgan fingerprint density at radius 2 is 1.35 bits per heavy atom. The number of ketones is 1. The third-order valence-corrected chi connectivity index (χ3v) is 5.93. The standard InChI is InChI=1S/C29H21FN2O2/c1-19-31-26-17-14-23(28(33)22-12-15-24(30)16-13-22)18-25(26)29(34)32(19)27(20-8-4-2-5-9-20)21-10-6-3-7-11-21/h2-18,27H,1H3. The summed E-state index contributed by atoms with van der Waals surface area (Å²) in [6.07, 6.45) is 0. The predicted octanol–water partition coefficient (Wildman–Crippen LogP) is 5.71. The van der Waals surface area contributed by atoms with Gasteiger partial charge in [0.15, 0.2) is 5.78 Å². The summed E-state index contributed by atoms with van der Waals surface area (Å²) in [4.78, 5) is 31.5. The van der Waals surface area contributed by atoms with E-state index in [4.69, 9.17) is 4.98 Å². The Labute approximate surface area is 196 Å². The molecule has 0 unspecified atom stereocenters. The molecule has 0 aliphatic carbocycles. The fraction of sp³-hybridized carbons (Fsp3) is 0.0690. The number of aryl methyl sites for hydroxylation is 1. The normalized spacial score (nSPS) is 11.1. The van der Waals surface area contributed by atoms with Gasteiger partial charge in [0.1, 0.15) is 11.6 Å². The molecule has 0 bridgehead atoms. The van der Waals surface area contributed by atoms with E-state index >= 15 is 0 Å². The van der Waals surface area contributed by atoms with Crippen molar-refractivity contribution in [2.45, 2.75) is 13.0 Å². The topological polar surface area (TPSA) is 52.0 Å². The third-order valence-electron chi connectivity index (χ3n) is 5.93. The average Bonchev–Trinajstić information content (AvgIpc) is 2.87. The number of aromatic nitrogens is 2. The van der Waals surface area contributed by atoms with Gasteiger partial charge < -0.3 is 0 Å². The minimum absolute atomic E-state index is 0.228. The van der Waals surface area contributed by atoms with Gasteiger partial charge in [-0.2, -0.15) is 0 Å². The van der Waals surface area contributed by atoms with Crippen LogP contribution in [0.1, 0.15) is 38.9 Å². The van der Waals surface area contributed by atoms with E-state index in [0.29, 0.717) is 27.9 Å². The molecular weight excluding hydrogens is 427 g/mol. The quantitative estimate of drug-likeness (QED) is 0.324. The lowest BCUT2D eigenvalue weighted by Crippen LogP contribution is -2.29. The molecule has 0 atom stereocenters. The molecule has 0 aliphatic heterocycles. The van der Waals surface area contributed by atoms with Gasteiger partial charge in [0.25, 0.3) is 5.56 Å². The van der Waals surface area contributed by atoms with Crippen LogP contribution in [0.25, 0.3) is 10.9 Å². The van der Waals surface area contributed by atoms with E-state index in [1.54, 1.807) is 22.8 Å². The SMILES string of the molecule is Cc1nc2ccc(C(=O)c3ccc(F)cc3)cc2c(=O)n1C(c1ccccc1)c1ccccc1. The summed E-state index contributed by atoms with van der Waals surface area (Å²) in [5.74, 6) is -0.116. The molecule has 4 aromatic carbocycles. The number of nitrogens with zero attached hydrogens (tertiary/aromatic N) is 2. The Bertz CT molecular complexity index is 1500. The molecule has 166 valence electrons. The van der Waals surface area contributed by atoms with Crippen molar-refractivity contribution in [1.29, 1.82) is 0 Å². The number of halogens is 1. The van der Waals surface area contributed by atoms with E-state index in [1.165, 1.54) is 24.3 Å². The van der Waals surface area contributed by atoms with Crippen molar-refractivity contribution in [3.8, 4) is 0 Å². The van der Waals surface area contributed by atoms with Crippen LogP contribution in [0.15, 0.2) is 108 Å². The minimum Gasteiger partial charge on any atom is -0.289 e. The zero-order chi connectivity index (χ0) is 23.7. The minimum atomic E-state index is -0.412. The van der Waals surface area contributed by atoms with Crippen LogP contribution in [0.2, 0.25) is 0 Å². The molecule has 0 amide bonds. The molecular formula is C29H21FN2O2. The molecule has 0 spiro atoms. The summed E-state index contributed by atoms with van der Waals surface area (Å²) in [6.45, 7) is 1.82. The monoisotopic (exact) mass is 448 g/mol. The molecule has 0 aliphatic rings. The molecule has 0 fully saturated rings. The van der Waals surface area contributed by atoms with E-state index in [9.17, 15) is 14.0 Å². The van der Waals surface area contributed by atoms with Gasteiger partial charge in [-0.3, -0.25) is 14.2 Å². The highest BCUT2D eigenvalue weighted by atomic mass is 19.1. The first kappa shape index (κ1) is 21.5. The van der Waals surface area contributed by atoms with E-state index < -0.39 is 5.82 Å². The number of hydrogen-bond acceptors (Lipinski definition) is 3. The van der Waals surface area contributed by atoms with Gasteiger partial charge in [0.05, 0.1) is 16.9 Å². The summed E-state index contributed by atoms with van der Waals surface area (Å²) in [5.41, 5.74) is 2.91. The Morgan fingerprint density at radius 3 is 1.94 bits per heavy atom. The van der Waals surface area contributed by atoms with Crippen LogP contribution in [-0.4, -0.2) is 15.3 Å². The second-order valence-corrected chi connectivity index (χ2v) is 8.13. The summed E-state index contributed by atoms with van der Waals surface area (Å²) in [5, 5.41) is 0.357. The second-order valence-electron chi connectivity index (χ2n) is 8.13. The van der Waals surface area contributed by atoms with Crippen molar-refractivity contribution in [3.63, 3.8) is 0 Å². The first-order valence-electron chi connectivity index (χ1n) is 11.0. The summed E-state index contributed by atoms with van der Waals surface area (Å²) >= 11 is 0. The molecule has 5 heteroatoms. The summed E-state index contributed by atoms with van der Waals surface area (Å²) in [6, 6.07) is 29.5. The van der Waals surface area contributed by atoms with Crippen LogP contribution < -0.4 is 5.56 Å². The Balaban J connectivity index is 1.70. The van der Waals surface area contributed by atoms with Crippen molar-refractivity contribution in [3.05, 3.63) is 147 Å². The molecule has 4 nitrogen and oxygen atoms in total.